The van der Waals surface area contributed by atoms with E-state index in [-0.39, 0.29) is 23.2 Å². The highest BCUT2D eigenvalue weighted by atomic mass is 19.1. The maximum atomic E-state index is 13.9. The van der Waals surface area contributed by atoms with Crippen molar-refractivity contribution < 1.29 is 9.18 Å². The summed E-state index contributed by atoms with van der Waals surface area (Å²) in [6, 6.07) is 10.1. The lowest BCUT2D eigenvalue weighted by molar-refractivity contribution is 0.0923. The molecular formula is C23H27FN4O. The van der Waals surface area contributed by atoms with Crippen LogP contribution in [0.3, 0.4) is 0 Å². The Morgan fingerprint density at radius 1 is 1.14 bits per heavy atom. The minimum Gasteiger partial charge on any atom is -0.348 e. The van der Waals surface area contributed by atoms with E-state index in [0.29, 0.717) is 22.6 Å². The minimum atomic E-state index is -0.330. The van der Waals surface area contributed by atoms with Crippen molar-refractivity contribution in [2.45, 2.75) is 64.3 Å². The van der Waals surface area contributed by atoms with Gasteiger partial charge in [0, 0.05) is 23.1 Å². The van der Waals surface area contributed by atoms with Gasteiger partial charge in [-0.2, -0.15) is 5.10 Å². The number of halogens is 1. The second-order valence-corrected chi connectivity index (χ2v) is 8.89. The summed E-state index contributed by atoms with van der Waals surface area (Å²) in [6.45, 7) is 6.23. The van der Waals surface area contributed by atoms with Gasteiger partial charge in [-0.15, -0.1) is 0 Å². The zero-order valence-electron chi connectivity index (χ0n) is 17.2. The van der Waals surface area contributed by atoms with Crippen LogP contribution in [-0.4, -0.2) is 26.5 Å². The third-order valence-corrected chi connectivity index (χ3v) is 5.49. The summed E-state index contributed by atoms with van der Waals surface area (Å²) in [5, 5.41) is 7.83. The number of hydrogen-bond acceptors (Lipinski definition) is 3. The lowest BCUT2D eigenvalue weighted by Crippen LogP contribution is -2.36. The molecule has 2 aromatic heterocycles. The highest BCUT2D eigenvalue weighted by molar-refractivity contribution is 5.94. The molecule has 152 valence electrons. The zero-order chi connectivity index (χ0) is 20.6. The molecule has 0 atom stereocenters. The van der Waals surface area contributed by atoms with Gasteiger partial charge in [0.15, 0.2) is 5.65 Å². The van der Waals surface area contributed by atoms with Crippen molar-refractivity contribution >= 4 is 11.6 Å². The monoisotopic (exact) mass is 394 g/mol. The van der Waals surface area contributed by atoms with Gasteiger partial charge in [-0.3, -0.25) is 4.79 Å². The van der Waals surface area contributed by atoms with Gasteiger partial charge in [0.05, 0.1) is 11.4 Å². The summed E-state index contributed by atoms with van der Waals surface area (Å²) in [7, 11) is 0. The van der Waals surface area contributed by atoms with E-state index in [1.165, 1.54) is 18.6 Å². The Labute approximate surface area is 170 Å². The lowest BCUT2D eigenvalue weighted by Gasteiger charge is -2.22. The Hall–Kier alpha value is -2.76. The molecule has 1 aromatic carbocycles. The van der Waals surface area contributed by atoms with Crippen molar-refractivity contribution in [1.82, 2.24) is 19.9 Å². The molecule has 5 nitrogen and oxygen atoms in total. The minimum absolute atomic E-state index is 0.169. The van der Waals surface area contributed by atoms with Gasteiger partial charge in [0.2, 0.25) is 0 Å². The van der Waals surface area contributed by atoms with Gasteiger partial charge < -0.3 is 5.32 Å². The lowest BCUT2D eigenvalue weighted by atomic mass is 9.93. The maximum Gasteiger partial charge on any atom is 0.270 e. The molecule has 0 unspecified atom stereocenters. The predicted octanol–water partition coefficient (Wildman–Crippen LogP) is 4.90. The van der Waals surface area contributed by atoms with E-state index < -0.39 is 0 Å². The number of nitrogens with zero attached hydrogens (tertiary/aromatic N) is 3. The average molecular weight is 394 g/mol. The van der Waals surface area contributed by atoms with Gasteiger partial charge in [-0.05, 0) is 31.0 Å². The molecule has 6 heteroatoms. The second kappa shape index (κ2) is 7.58. The number of aromatic nitrogens is 3. The fourth-order valence-corrected chi connectivity index (χ4v) is 3.82. The van der Waals surface area contributed by atoms with Gasteiger partial charge in [-0.1, -0.05) is 52.2 Å². The van der Waals surface area contributed by atoms with E-state index in [1.54, 1.807) is 16.6 Å². The van der Waals surface area contributed by atoms with Crippen LogP contribution in [0.5, 0.6) is 0 Å². The van der Waals surface area contributed by atoms with Crippen molar-refractivity contribution in [3.8, 4) is 11.3 Å². The molecule has 29 heavy (non-hydrogen) atoms. The second-order valence-electron chi connectivity index (χ2n) is 8.89. The Bertz CT molecular complexity index is 1040. The summed E-state index contributed by atoms with van der Waals surface area (Å²) >= 11 is 0. The molecule has 2 heterocycles. The van der Waals surface area contributed by atoms with Crippen LogP contribution in [0.1, 0.15) is 69.1 Å². The van der Waals surface area contributed by atoms with Crippen LogP contribution in [0.2, 0.25) is 0 Å². The van der Waals surface area contributed by atoms with Crippen molar-refractivity contribution in [3.05, 3.63) is 53.6 Å². The summed E-state index contributed by atoms with van der Waals surface area (Å²) in [4.78, 5) is 17.5. The first kappa shape index (κ1) is 19.6. The van der Waals surface area contributed by atoms with Crippen LogP contribution in [0, 0.1) is 5.82 Å². The standard InChI is InChI=1S/C23H27FN4O/c1-23(2,3)20-14-21-26-18(22(29)25-17-10-5-4-6-11-17)13-19(28(21)27-20)15-8-7-9-16(24)12-15/h7-9,12-14,17H,4-6,10-11H2,1-3H3,(H,25,29). The van der Waals surface area contributed by atoms with Crippen LogP contribution < -0.4 is 5.32 Å². The quantitative estimate of drug-likeness (QED) is 0.688. The molecule has 1 fully saturated rings. The first-order chi connectivity index (χ1) is 13.8. The molecule has 1 aliphatic rings. The number of carbonyl (C=O) groups excluding carboxylic acids is 1. The number of carbonyl (C=O) groups is 1. The van der Waals surface area contributed by atoms with Gasteiger partial charge in [0.25, 0.3) is 5.91 Å². The topological polar surface area (TPSA) is 59.3 Å². The van der Waals surface area contributed by atoms with E-state index in [4.69, 9.17) is 5.10 Å². The number of hydrogen-bond donors (Lipinski definition) is 1. The molecule has 0 saturated heterocycles. The van der Waals surface area contributed by atoms with Crippen molar-refractivity contribution in [3.63, 3.8) is 0 Å². The van der Waals surface area contributed by atoms with Crippen LogP contribution >= 0.6 is 0 Å². The summed E-state index contributed by atoms with van der Waals surface area (Å²) in [5.41, 5.74) is 2.93. The highest BCUT2D eigenvalue weighted by Gasteiger charge is 2.23. The van der Waals surface area contributed by atoms with Crippen molar-refractivity contribution in [1.29, 1.82) is 0 Å². The van der Waals surface area contributed by atoms with E-state index in [1.807, 2.05) is 12.1 Å². The average Bonchev–Trinajstić information content (AvgIpc) is 3.13. The Balaban J connectivity index is 1.80. The van der Waals surface area contributed by atoms with E-state index in [0.717, 1.165) is 31.4 Å². The molecule has 3 aromatic rings. The van der Waals surface area contributed by atoms with Crippen LogP contribution in [0.15, 0.2) is 36.4 Å². The molecular weight excluding hydrogens is 367 g/mol. The van der Waals surface area contributed by atoms with Crippen LogP contribution in [-0.2, 0) is 5.41 Å². The highest BCUT2D eigenvalue weighted by Crippen LogP contribution is 2.27. The third-order valence-electron chi connectivity index (χ3n) is 5.49. The van der Waals surface area contributed by atoms with E-state index >= 15 is 0 Å². The molecule has 0 spiro atoms. The van der Waals surface area contributed by atoms with Gasteiger partial charge >= 0.3 is 0 Å². The molecule has 1 amide bonds. The Morgan fingerprint density at radius 2 is 1.90 bits per heavy atom. The molecule has 1 aliphatic carbocycles. The van der Waals surface area contributed by atoms with E-state index in [9.17, 15) is 9.18 Å². The summed E-state index contributed by atoms with van der Waals surface area (Å²) < 4.78 is 15.6. The van der Waals surface area contributed by atoms with E-state index in [2.05, 4.69) is 31.1 Å². The number of nitrogens with one attached hydrogen (secondary N) is 1. The molecule has 1 saturated carbocycles. The summed E-state index contributed by atoms with van der Waals surface area (Å²) in [5.74, 6) is -0.514. The van der Waals surface area contributed by atoms with Crippen LogP contribution in [0.25, 0.3) is 16.9 Å². The predicted molar refractivity (Wildman–Crippen MR) is 111 cm³/mol. The zero-order valence-corrected chi connectivity index (χ0v) is 17.2. The van der Waals surface area contributed by atoms with Crippen LogP contribution in [0.4, 0.5) is 4.39 Å². The first-order valence-electron chi connectivity index (χ1n) is 10.3. The molecule has 0 aliphatic heterocycles. The maximum absolute atomic E-state index is 13.9. The molecule has 0 bridgehead atoms. The first-order valence-corrected chi connectivity index (χ1v) is 10.3. The fourth-order valence-electron chi connectivity index (χ4n) is 3.82. The van der Waals surface area contributed by atoms with Gasteiger partial charge in [0.1, 0.15) is 11.5 Å². The SMILES string of the molecule is CC(C)(C)c1cc2nc(C(=O)NC3CCCCC3)cc(-c3cccc(F)c3)n2n1. The number of benzene rings is 1. The third kappa shape index (κ3) is 4.16. The van der Waals surface area contributed by atoms with Crippen molar-refractivity contribution in [2.24, 2.45) is 0 Å². The Kier molecular flexibility index (Phi) is 5.11. The summed E-state index contributed by atoms with van der Waals surface area (Å²) in [6.07, 6.45) is 5.52. The number of amides is 1. The smallest absolute Gasteiger partial charge is 0.270 e. The molecule has 1 N–H and O–H groups in total. The van der Waals surface area contributed by atoms with Gasteiger partial charge in [-0.25, -0.2) is 13.9 Å². The Morgan fingerprint density at radius 3 is 2.59 bits per heavy atom. The number of rotatable bonds is 3. The number of fused-ring (bicyclic) bond motifs is 1. The molecule has 4 rings (SSSR count). The largest absolute Gasteiger partial charge is 0.348 e. The normalized spacial score (nSPS) is 15.6. The van der Waals surface area contributed by atoms with Crippen molar-refractivity contribution in [2.75, 3.05) is 0 Å². The molecule has 0 radical (unpaired) electrons. The fraction of sp³-hybridized carbons (Fsp3) is 0.435.